The molecular formula is C17H4Cl3F31Si. The highest BCUT2D eigenvalue weighted by atomic mass is 35.8. The maximum Gasteiger partial charge on any atom is 0.460 e. The second-order valence-corrected chi connectivity index (χ2v) is 18.9. The molecule has 0 aliphatic rings. The van der Waals surface area contributed by atoms with Crippen molar-refractivity contribution in [1.82, 2.24) is 0 Å². The van der Waals surface area contributed by atoms with E-state index < -0.39 is 108 Å². The summed E-state index contributed by atoms with van der Waals surface area (Å²) in [5.74, 6) is -132. The largest absolute Gasteiger partial charge is 0.460 e. The van der Waals surface area contributed by atoms with Crippen LogP contribution in [-0.2, 0) is 0 Å². The van der Waals surface area contributed by atoms with Gasteiger partial charge in [0.05, 0.1) is 5.54 Å². The Morgan fingerprint density at radius 1 is 0.269 bits per heavy atom. The summed E-state index contributed by atoms with van der Waals surface area (Å²) >= 11 is 14.2. The molecule has 0 aliphatic carbocycles. The Morgan fingerprint density at radius 2 is 0.404 bits per heavy atom. The summed E-state index contributed by atoms with van der Waals surface area (Å²) < 4.78 is 420. The summed E-state index contributed by atoms with van der Waals surface area (Å²) in [5.41, 5.74) is -4.08. The Bertz CT molecular complexity index is 1310. The van der Waals surface area contributed by atoms with Crippen LogP contribution in [-0.4, -0.2) is 95.1 Å². The van der Waals surface area contributed by atoms with Gasteiger partial charge in [0.1, 0.15) is 0 Å². The zero-order valence-corrected chi connectivity index (χ0v) is 25.7. The SMILES string of the molecule is CC(C(F)(F)C(F)(F)C(F)(F)C(F)(F)C(F)(F)C(F)(F)C(F)(F)C(F)(F)C(F)(F)C(F)(F)C(F)(F)C(F)(F)C(F)(F)C(F)(F)C(F)(F)F)[Si](Cl)(Cl)Cl. The Morgan fingerprint density at radius 3 is 0.538 bits per heavy atom. The first-order chi connectivity index (χ1) is 21.7. The van der Waals surface area contributed by atoms with Gasteiger partial charge in [0.15, 0.2) is 0 Å². The fourth-order valence-corrected chi connectivity index (χ4v) is 4.86. The Hall–Kier alpha value is -1.08. The van der Waals surface area contributed by atoms with E-state index in [4.69, 9.17) is 33.2 Å². The second-order valence-electron chi connectivity index (χ2n) is 9.85. The number of hydrogen-bond acceptors (Lipinski definition) is 0. The molecule has 0 aromatic heterocycles. The van der Waals surface area contributed by atoms with Crippen LogP contribution in [0.15, 0.2) is 0 Å². The summed E-state index contributed by atoms with van der Waals surface area (Å²) in [7, 11) is 0. The average molecular weight is 932 g/mol. The minimum absolute atomic E-state index is 0.607. The third-order valence-electron chi connectivity index (χ3n) is 6.54. The van der Waals surface area contributed by atoms with E-state index in [0.717, 1.165) is 0 Å². The van der Waals surface area contributed by atoms with Crippen LogP contribution in [0.3, 0.4) is 0 Å². The summed E-state index contributed by atoms with van der Waals surface area (Å²) in [6.07, 6.45) is -8.35. The topological polar surface area (TPSA) is 0 Å². The molecule has 0 saturated carbocycles. The summed E-state index contributed by atoms with van der Waals surface area (Å²) in [4.78, 5) is 0. The van der Waals surface area contributed by atoms with Crippen LogP contribution >= 0.6 is 33.2 Å². The lowest BCUT2D eigenvalue weighted by Gasteiger charge is -2.47. The first kappa shape index (κ1) is 50.9. The van der Waals surface area contributed by atoms with E-state index in [0.29, 0.717) is 0 Å². The highest BCUT2D eigenvalue weighted by Crippen LogP contribution is 2.70. The molecule has 314 valence electrons. The van der Waals surface area contributed by atoms with Crippen LogP contribution in [0.2, 0.25) is 5.54 Å². The van der Waals surface area contributed by atoms with E-state index in [-0.39, 0.29) is 0 Å². The van der Waals surface area contributed by atoms with Crippen molar-refractivity contribution in [2.24, 2.45) is 0 Å². The van der Waals surface area contributed by atoms with Gasteiger partial charge in [0.2, 0.25) is 0 Å². The van der Waals surface area contributed by atoms with Gasteiger partial charge in [-0.2, -0.15) is 136 Å². The van der Waals surface area contributed by atoms with Gasteiger partial charge in [-0.3, -0.25) is 0 Å². The van der Waals surface area contributed by atoms with Gasteiger partial charge < -0.3 is 0 Å². The lowest BCUT2D eigenvalue weighted by atomic mass is 9.83. The molecule has 35 heteroatoms. The van der Waals surface area contributed by atoms with E-state index in [1.54, 1.807) is 0 Å². The minimum Gasteiger partial charge on any atom is -0.200 e. The quantitative estimate of drug-likeness (QED) is 0.0872. The Kier molecular flexibility index (Phi) is 12.2. The number of alkyl halides is 31. The van der Waals surface area contributed by atoms with Crippen molar-refractivity contribution >= 4 is 39.2 Å². The van der Waals surface area contributed by atoms with Crippen LogP contribution < -0.4 is 0 Å². The van der Waals surface area contributed by atoms with E-state index in [9.17, 15) is 136 Å². The molecule has 0 aliphatic heterocycles. The summed E-state index contributed by atoms with van der Waals surface area (Å²) in [6.45, 7) is -0.607. The molecule has 0 radical (unpaired) electrons. The summed E-state index contributed by atoms with van der Waals surface area (Å²) in [5, 5.41) is 0. The molecule has 0 N–H and O–H groups in total. The van der Waals surface area contributed by atoms with Gasteiger partial charge in [0.25, 0.3) is 0 Å². The molecule has 0 heterocycles. The highest BCUT2D eigenvalue weighted by Gasteiger charge is 3.01. The Balaban J connectivity index is 7.71. The highest BCUT2D eigenvalue weighted by molar-refractivity contribution is 7.65. The van der Waals surface area contributed by atoms with E-state index in [1.165, 1.54) is 0 Å². The Labute approximate surface area is 277 Å². The molecule has 0 rings (SSSR count). The zero-order chi connectivity index (χ0) is 43.6. The van der Waals surface area contributed by atoms with Gasteiger partial charge in [-0.15, -0.1) is 33.2 Å². The number of hydrogen-bond donors (Lipinski definition) is 0. The van der Waals surface area contributed by atoms with Crippen LogP contribution in [0, 0.1) is 0 Å². The fraction of sp³-hybridized carbons (Fsp3) is 1.00. The first-order valence-electron chi connectivity index (χ1n) is 11.1. The van der Waals surface area contributed by atoms with Crippen molar-refractivity contribution in [1.29, 1.82) is 0 Å². The van der Waals surface area contributed by atoms with Crippen LogP contribution in [0.1, 0.15) is 6.92 Å². The molecule has 0 amide bonds. The molecule has 0 saturated heterocycles. The molecule has 0 nitrogen and oxygen atoms in total. The van der Waals surface area contributed by atoms with Gasteiger partial charge in [0, 0.05) is 0 Å². The lowest BCUT2D eigenvalue weighted by molar-refractivity contribution is -0.489. The lowest BCUT2D eigenvalue weighted by Crippen LogP contribution is -2.79. The fourth-order valence-electron chi connectivity index (χ4n) is 3.03. The van der Waals surface area contributed by atoms with E-state index in [1.807, 2.05) is 0 Å². The minimum atomic E-state index is -10.1. The molecule has 0 bridgehead atoms. The monoisotopic (exact) mass is 930 g/mol. The smallest absolute Gasteiger partial charge is 0.200 e. The molecule has 1 unspecified atom stereocenters. The predicted molar refractivity (Wildman–Crippen MR) is 108 cm³/mol. The van der Waals surface area contributed by atoms with Gasteiger partial charge in [-0.1, -0.05) is 6.92 Å². The van der Waals surface area contributed by atoms with Crippen LogP contribution in [0.5, 0.6) is 0 Å². The standard InChI is InChI=1S/C17H4Cl3F31Si/c1-2(52(18,19)20)3(21,22)4(23,24)5(25,26)6(27,28)7(29,30)8(31,32)9(33,34)10(35,36)11(37,38)12(39,40)13(41,42)14(43,44)15(45,46)16(47,48)17(49,50)51/h2H,1H3. The van der Waals surface area contributed by atoms with Gasteiger partial charge in [-0.05, 0) is 0 Å². The van der Waals surface area contributed by atoms with Crippen molar-refractivity contribution in [3.8, 4) is 0 Å². The number of rotatable bonds is 15. The molecule has 1 atom stereocenters. The molecule has 0 spiro atoms. The molecule has 52 heavy (non-hydrogen) atoms. The zero-order valence-electron chi connectivity index (χ0n) is 22.4. The van der Waals surface area contributed by atoms with Crippen molar-refractivity contribution in [3.05, 3.63) is 0 Å². The maximum absolute atomic E-state index is 14.0. The van der Waals surface area contributed by atoms with Crippen molar-refractivity contribution in [2.75, 3.05) is 0 Å². The van der Waals surface area contributed by atoms with Crippen LogP contribution in [0.4, 0.5) is 136 Å². The average Bonchev–Trinajstić information content (AvgIpc) is 2.89. The normalized spacial score (nSPS) is 17.8. The van der Waals surface area contributed by atoms with Crippen LogP contribution in [0.25, 0.3) is 0 Å². The molecular weight excluding hydrogens is 928 g/mol. The number of halogens is 34. The summed E-state index contributed by atoms with van der Waals surface area (Å²) in [6, 6.07) is -5.74. The van der Waals surface area contributed by atoms with Gasteiger partial charge in [-0.25, -0.2) is 0 Å². The maximum atomic E-state index is 14.0. The third kappa shape index (κ3) is 5.99. The van der Waals surface area contributed by atoms with Crippen molar-refractivity contribution < 1.29 is 136 Å². The van der Waals surface area contributed by atoms with E-state index >= 15 is 0 Å². The van der Waals surface area contributed by atoms with Crippen molar-refractivity contribution in [3.63, 3.8) is 0 Å². The molecule has 0 aromatic rings. The second kappa shape index (κ2) is 12.5. The van der Waals surface area contributed by atoms with E-state index in [2.05, 4.69) is 0 Å². The first-order valence-corrected chi connectivity index (χ1v) is 16.2. The van der Waals surface area contributed by atoms with Gasteiger partial charge >= 0.3 is 95.1 Å². The molecule has 0 aromatic carbocycles. The molecule has 0 fully saturated rings. The predicted octanol–water partition coefficient (Wildman–Crippen LogP) is 12.5. The third-order valence-corrected chi connectivity index (χ3v) is 10.8. The van der Waals surface area contributed by atoms with Crippen molar-refractivity contribution in [2.45, 2.75) is 102 Å².